The summed E-state index contributed by atoms with van der Waals surface area (Å²) in [6, 6.07) is 9.13. The van der Waals surface area contributed by atoms with E-state index in [0.29, 0.717) is 6.04 Å². The Labute approximate surface area is 118 Å². The largest absolute Gasteiger partial charge is 0.398 e. The fourth-order valence-electron chi connectivity index (χ4n) is 2.87. The van der Waals surface area contributed by atoms with Gasteiger partial charge in [0.05, 0.1) is 0 Å². The SMILES string of the molecule is Nc1cccc2c1CCC(NCCc1ccsc1)C2. The number of hydrogen-bond acceptors (Lipinski definition) is 3. The van der Waals surface area contributed by atoms with E-state index in [1.807, 2.05) is 6.07 Å². The average Bonchev–Trinajstić information content (AvgIpc) is 2.92. The zero-order valence-electron chi connectivity index (χ0n) is 11.1. The topological polar surface area (TPSA) is 38.0 Å². The van der Waals surface area contributed by atoms with Crippen LogP contribution in [0, 0.1) is 0 Å². The van der Waals surface area contributed by atoms with Crippen molar-refractivity contribution in [2.45, 2.75) is 31.7 Å². The van der Waals surface area contributed by atoms with Gasteiger partial charge in [-0.1, -0.05) is 12.1 Å². The molecule has 3 heteroatoms. The van der Waals surface area contributed by atoms with Gasteiger partial charge in [-0.25, -0.2) is 0 Å². The third kappa shape index (κ3) is 2.99. The maximum Gasteiger partial charge on any atom is 0.0349 e. The molecule has 1 aromatic carbocycles. The number of anilines is 1. The Morgan fingerprint density at radius 1 is 1.32 bits per heavy atom. The lowest BCUT2D eigenvalue weighted by atomic mass is 9.87. The van der Waals surface area contributed by atoms with Crippen molar-refractivity contribution in [3.8, 4) is 0 Å². The molecular weight excluding hydrogens is 252 g/mol. The second-order valence-electron chi connectivity index (χ2n) is 5.26. The van der Waals surface area contributed by atoms with Gasteiger partial charge in [0, 0.05) is 11.7 Å². The van der Waals surface area contributed by atoms with E-state index < -0.39 is 0 Å². The number of nitrogen functional groups attached to an aromatic ring is 1. The quantitative estimate of drug-likeness (QED) is 0.840. The van der Waals surface area contributed by atoms with Crippen LogP contribution in [-0.2, 0) is 19.3 Å². The molecule has 0 saturated carbocycles. The Morgan fingerprint density at radius 3 is 3.11 bits per heavy atom. The van der Waals surface area contributed by atoms with Crippen molar-refractivity contribution in [3.63, 3.8) is 0 Å². The van der Waals surface area contributed by atoms with Crippen LogP contribution >= 0.6 is 11.3 Å². The number of hydrogen-bond donors (Lipinski definition) is 2. The van der Waals surface area contributed by atoms with Gasteiger partial charge >= 0.3 is 0 Å². The molecule has 1 unspecified atom stereocenters. The summed E-state index contributed by atoms with van der Waals surface area (Å²) in [5, 5.41) is 8.07. The van der Waals surface area contributed by atoms with Crippen LogP contribution in [0.25, 0.3) is 0 Å². The van der Waals surface area contributed by atoms with Crippen LogP contribution in [0.15, 0.2) is 35.0 Å². The van der Waals surface area contributed by atoms with Crippen LogP contribution in [0.3, 0.4) is 0 Å². The predicted octanol–water partition coefficient (Wildman–Crippen LogP) is 3.02. The van der Waals surface area contributed by atoms with Crippen LogP contribution in [-0.4, -0.2) is 12.6 Å². The van der Waals surface area contributed by atoms with Gasteiger partial charge in [-0.2, -0.15) is 11.3 Å². The summed E-state index contributed by atoms with van der Waals surface area (Å²) in [6.07, 6.45) is 4.55. The second-order valence-corrected chi connectivity index (χ2v) is 6.04. The molecule has 1 aromatic heterocycles. The molecule has 19 heavy (non-hydrogen) atoms. The summed E-state index contributed by atoms with van der Waals surface area (Å²) in [5.74, 6) is 0. The predicted molar refractivity (Wildman–Crippen MR) is 82.7 cm³/mol. The van der Waals surface area contributed by atoms with E-state index in [1.165, 1.54) is 23.1 Å². The highest BCUT2D eigenvalue weighted by Crippen LogP contribution is 2.26. The molecule has 3 N–H and O–H groups in total. The summed E-state index contributed by atoms with van der Waals surface area (Å²) in [5.41, 5.74) is 11.2. The molecule has 0 saturated heterocycles. The first kappa shape index (κ1) is 12.7. The normalized spacial score (nSPS) is 18.2. The minimum absolute atomic E-state index is 0.605. The number of thiophene rings is 1. The van der Waals surface area contributed by atoms with Gasteiger partial charge in [0.25, 0.3) is 0 Å². The van der Waals surface area contributed by atoms with Crippen molar-refractivity contribution in [2.75, 3.05) is 12.3 Å². The van der Waals surface area contributed by atoms with E-state index >= 15 is 0 Å². The highest BCUT2D eigenvalue weighted by Gasteiger charge is 2.19. The Kier molecular flexibility index (Phi) is 3.85. The molecular formula is C16H20N2S. The van der Waals surface area contributed by atoms with E-state index in [9.17, 15) is 0 Å². The number of nitrogens with one attached hydrogen (secondary N) is 1. The molecule has 0 bridgehead atoms. The lowest BCUT2D eigenvalue weighted by molar-refractivity contribution is 0.462. The van der Waals surface area contributed by atoms with Crippen LogP contribution in [0.2, 0.25) is 0 Å². The molecule has 1 heterocycles. The fourth-order valence-corrected chi connectivity index (χ4v) is 3.57. The van der Waals surface area contributed by atoms with Crippen molar-refractivity contribution in [2.24, 2.45) is 0 Å². The van der Waals surface area contributed by atoms with Gasteiger partial charge < -0.3 is 11.1 Å². The smallest absolute Gasteiger partial charge is 0.0349 e. The summed E-state index contributed by atoms with van der Waals surface area (Å²) < 4.78 is 0. The Balaban J connectivity index is 1.54. The van der Waals surface area contributed by atoms with Crippen molar-refractivity contribution >= 4 is 17.0 Å². The first-order chi connectivity index (χ1) is 9.33. The van der Waals surface area contributed by atoms with Gasteiger partial charge in [-0.3, -0.25) is 0 Å². The number of fused-ring (bicyclic) bond motifs is 1. The molecule has 0 aliphatic heterocycles. The minimum Gasteiger partial charge on any atom is -0.398 e. The molecule has 0 amide bonds. The molecule has 0 spiro atoms. The lowest BCUT2D eigenvalue weighted by Crippen LogP contribution is -2.36. The van der Waals surface area contributed by atoms with Crippen LogP contribution in [0.1, 0.15) is 23.1 Å². The molecule has 1 aliphatic carbocycles. The number of nitrogens with two attached hydrogens (primary N) is 1. The van der Waals surface area contributed by atoms with Crippen LogP contribution in [0.4, 0.5) is 5.69 Å². The highest BCUT2D eigenvalue weighted by atomic mass is 32.1. The van der Waals surface area contributed by atoms with Crippen LogP contribution in [0.5, 0.6) is 0 Å². The molecule has 0 fully saturated rings. The molecule has 1 aliphatic rings. The van der Waals surface area contributed by atoms with E-state index in [2.05, 4.69) is 34.3 Å². The van der Waals surface area contributed by atoms with Gasteiger partial charge in [0.2, 0.25) is 0 Å². The second kappa shape index (κ2) is 5.76. The zero-order valence-corrected chi connectivity index (χ0v) is 11.9. The summed E-state index contributed by atoms with van der Waals surface area (Å²) >= 11 is 1.78. The van der Waals surface area contributed by atoms with Crippen molar-refractivity contribution < 1.29 is 0 Å². The van der Waals surface area contributed by atoms with E-state index in [1.54, 1.807) is 11.3 Å². The molecule has 2 nitrogen and oxygen atoms in total. The van der Waals surface area contributed by atoms with Gasteiger partial charge in [0.1, 0.15) is 0 Å². The molecule has 0 radical (unpaired) electrons. The van der Waals surface area contributed by atoms with E-state index in [4.69, 9.17) is 5.73 Å². The summed E-state index contributed by atoms with van der Waals surface area (Å²) in [6.45, 7) is 1.07. The standard InChI is InChI=1S/C16H20N2S/c17-16-3-1-2-13-10-14(4-5-15(13)16)18-8-6-12-7-9-19-11-12/h1-3,7,9,11,14,18H,4-6,8,10,17H2. The van der Waals surface area contributed by atoms with Gasteiger partial charge in [0.15, 0.2) is 0 Å². The van der Waals surface area contributed by atoms with E-state index in [0.717, 1.165) is 31.5 Å². The van der Waals surface area contributed by atoms with Gasteiger partial charge in [-0.05, 0) is 71.8 Å². The maximum atomic E-state index is 6.03. The first-order valence-electron chi connectivity index (χ1n) is 6.93. The minimum atomic E-state index is 0.605. The molecule has 100 valence electrons. The molecule has 2 aromatic rings. The monoisotopic (exact) mass is 272 g/mol. The first-order valence-corrected chi connectivity index (χ1v) is 7.88. The Bertz CT molecular complexity index is 534. The van der Waals surface area contributed by atoms with E-state index in [-0.39, 0.29) is 0 Å². The molecule has 1 atom stereocenters. The number of benzene rings is 1. The van der Waals surface area contributed by atoms with Crippen molar-refractivity contribution in [1.29, 1.82) is 0 Å². The van der Waals surface area contributed by atoms with Crippen molar-refractivity contribution in [3.05, 3.63) is 51.7 Å². The van der Waals surface area contributed by atoms with Crippen molar-refractivity contribution in [1.82, 2.24) is 5.32 Å². The Morgan fingerprint density at radius 2 is 2.26 bits per heavy atom. The fraction of sp³-hybridized carbons (Fsp3) is 0.375. The molecule has 3 rings (SSSR count). The summed E-state index contributed by atoms with van der Waals surface area (Å²) in [4.78, 5) is 0. The van der Waals surface area contributed by atoms with Crippen LogP contribution < -0.4 is 11.1 Å². The third-order valence-electron chi connectivity index (χ3n) is 3.95. The lowest BCUT2D eigenvalue weighted by Gasteiger charge is -2.26. The number of rotatable bonds is 4. The Hall–Kier alpha value is -1.32. The van der Waals surface area contributed by atoms with Gasteiger partial charge in [-0.15, -0.1) is 0 Å². The zero-order chi connectivity index (χ0) is 13.1. The summed E-state index contributed by atoms with van der Waals surface area (Å²) in [7, 11) is 0. The highest BCUT2D eigenvalue weighted by molar-refractivity contribution is 7.07. The maximum absolute atomic E-state index is 6.03. The third-order valence-corrected chi connectivity index (χ3v) is 4.68. The average molecular weight is 272 g/mol.